The minimum atomic E-state index is 0.772. The Morgan fingerprint density at radius 2 is 1.76 bits per heavy atom. The second-order valence-corrected chi connectivity index (χ2v) is 4.13. The third kappa shape index (κ3) is 1.11. The van der Waals surface area contributed by atoms with E-state index in [2.05, 4.69) is 51.6 Å². The van der Waals surface area contributed by atoms with Crippen molar-refractivity contribution in [2.24, 2.45) is 0 Å². The summed E-state index contributed by atoms with van der Waals surface area (Å²) in [5.74, 6) is 0. The van der Waals surface area contributed by atoms with Crippen LogP contribution in [0.4, 0.5) is 0 Å². The summed E-state index contributed by atoms with van der Waals surface area (Å²) in [6.45, 7) is 0. The number of H-pyrrole nitrogens is 1. The Hall–Kier alpha value is -2.42. The zero-order valence-electron chi connectivity index (χ0n) is 9.01. The molecule has 0 unspecified atom stereocenters. The topological polar surface area (TPSA) is 41.6 Å². The Balaban J connectivity index is 2.41. The van der Waals surface area contributed by atoms with Gasteiger partial charge in [-0.3, -0.25) is 5.10 Å². The molecule has 17 heavy (non-hydrogen) atoms. The Kier molecular flexibility index (Phi) is 1.56. The van der Waals surface area contributed by atoms with Gasteiger partial charge in [-0.25, -0.2) is 4.98 Å². The molecule has 0 spiro atoms. The molecule has 0 amide bonds. The largest absolute Gasteiger partial charge is 0.283 e. The molecule has 2 aromatic heterocycles. The molecule has 0 saturated heterocycles. The first-order chi connectivity index (χ1) is 8.43. The van der Waals surface area contributed by atoms with Gasteiger partial charge in [0.05, 0.1) is 0 Å². The van der Waals surface area contributed by atoms with Crippen LogP contribution in [0.1, 0.15) is 0 Å². The molecule has 4 aromatic rings. The van der Waals surface area contributed by atoms with Gasteiger partial charge in [0, 0.05) is 28.6 Å². The van der Waals surface area contributed by atoms with Crippen LogP contribution in [-0.4, -0.2) is 15.2 Å². The molecule has 0 atom stereocenters. The lowest BCUT2D eigenvalue weighted by atomic mass is 10.0. The van der Waals surface area contributed by atoms with Gasteiger partial charge in [0.2, 0.25) is 0 Å². The second-order valence-electron chi connectivity index (χ2n) is 4.13. The van der Waals surface area contributed by atoms with Gasteiger partial charge in [-0.2, -0.15) is 5.10 Å². The molecule has 0 aliphatic heterocycles. The van der Waals surface area contributed by atoms with E-state index in [9.17, 15) is 0 Å². The number of hydrogen-bond acceptors (Lipinski definition) is 2. The van der Waals surface area contributed by atoms with Gasteiger partial charge in [0.1, 0.15) is 0 Å². The van der Waals surface area contributed by atoms with Gasteiger partial charge >= 0.3 is 0 Å². The van der Waals surface area contributed by atoms with E-state index in [0.29, 0.717) is 0 Å². The first kappa shape index (κ1) is 8.70. The van der Waals surface area contributed by atoms with E-state index in [-0.39, 0.29) is 0 Å². The van der Waals surface area contributed by atoms with E-state index >= 15 is 0 Å². The minimum Gasteiger partial charge on any atom is -0.283 e. The number of aromatic nitrogens is 3. The highest BCUT2D eigenvalue weighted by atomic mass is 15.1. The number of rotatable bonds is 0. The van der Waals surface area contributed by atoms with Crippen molar-refractivity contribution in [2.75, 3.05) is 0 Å². The molecule has 1 N–H and O–H groups in total. The van der Waals surface area contributed by atoms with Crippen LogP contribution in [0.15, 0.2) is 48.8 Å². The summed E-state index contributed by atoms with van der Waals surface area (Å²) in [5, 5.41) is 13.0. The van der Waals surface area contributed by atoms with Crippen molar-refractivity contribution < 1.29 is 0 Å². The molecule has 4 rings (SSSR count). The van der Waals surface area contributed by atoms with Gasteiger partial charge in [-0.1, -0.05) is 36.4 Å². The highest BCUT2D eigenvalue weighted by Crippen LogP contribution is 2.29. The molecule has 3 nitrogen and oxygen atoms in total. The van der Waals surface area contributed by atoms with Gasteiger partial charge in [0.25, 0.3) is 0 Å². The van der Waals surface area contributed by atoms with Crippen LogP contribution in [0, 0.1) is 0 Å². The Morgan fingerprint density at radius 1 is 0.882 bits per heavy atom. The molecular weight excluding hydrogens is 210 g/mol. The normalized spacial score (nSPS) is 11.5. The van der Waals surface area contributed by atoms with Crippen molar-refractivity contribution in [2.45, 2.75) is 0 Å². The molecule has 2 heterocycles. The molecular formula is C14H9N3. The standard InChI is InChI=1S/C14H9N3/c1-2-4-11-9(3-1)5-6-10-7-15-14-12(13(10)11)8-16-17-14/h1-8H,(H,15,16,17). The van der Waals surface area contributed by atoms with Gasteiger partial charge in [-0.15, -0.1) is 0 Å². The molecule has 0 bridgehead atoms. The van der Waals surface area contributed by atoms with Crippen molar-refractivity contribution >= 4 is 32.6 Å². The second kappa shape index (κ2) is 3.04. The van der Waals surface area contributed by atoms with Crippen LogP contribution < -0.4 is 0 Å². The molecule has 0 aliphatic carbocycles. The fourth-order valence-corrected chi connectivity index (χ4v) is 2.39. The number of fused-ring (bicyclic) bond motifs is 5. The van der Waals surface area contributed by atoms with Crippen LogP contribution in [0.2, 0.25) is 0 Å². The lowest BCUT2D eigenvalue weighted by molar-refractivity contribution is 1.10. The zero-order valence-corrected chi connectivity index (χ0v) is 9.01. The molecule has 0 fully saturated rings. The number of hydrogen-bond donors (Lipinski definition) is 1. The number of aromatic amines is 1. The highest BCUT2D eigenvalue weighted by Gasteiger charge is 2.06. The summed E-state index contributed by atoms with van der Waals surface area (Å²) in [6.07, 6.45) is 3.79. The predicted octanol–water partition coefficient (Wildman–Crippen LogP) is 3.26. The molecule has 80 valence electrons. The van der Waals surface area contributed by atoms with E-state index < -0.39 is 0 Å². The number of nitrogens with zero attached hydrogens (tertiary/aromatic N) is 2. The zero-order chi connectivity index (χ0) is 11.2. The maximum absolute atomic E-state index is 4.33. The lowest BCUT2D eigenvalue weighted by Gasteiger charge is -2.03. The average molecular weight is 219 g/mol. The van der Waals surface area contributed by atoms with E-state index in [1.807, 2.05) is 12.4 Å². The third-order valence-electron chi connectivity index (χ3n) is 3.18. The van der Waals surface area contributed by atoms with Crippen LogP contribution in [0.3, 0.4) is 0 Å². The summed E-state index contributed by atoms with van der Waals surface area (Å²) >= 11 is 0. The number of nitrogens with one attached hydrogen (secondary N) is 1. The molecule has 2 aromatic carbocycles. The molecule has 0 radical (unpaired) electrons. The fourth-order valence-electron chi connectivity index (χ4n) is 2.39. The smallest absolute Gasteiger partial charge is 0.181 e. The quantitative estimate of drug-likeness (QED) is 0.461. The fraction of sp³-hybridized carbons (Fsp3) is 0. The maximum Gasteiger partial charge on any atom is 0.181 e. The van der Waals surface area contributed by atoms with Gasteiger partial charge in [0.15, 0.2) is 5.65 Å². The van der Waals surface area contributed by atoms with Crippen molar-refractivity contribution in [1.82, 2.24) is 15.2 Å². The van der Waals surface area contributed by atoms with Crippen molar-refractivity contribution in [3.05, 3.63) is 48.8 Å². The highest BCUT2D eigenvalue weighted by molar-refractivity contribution is 6.18. The predicted molar refractivity (Wildman–Crippen MR) is 68.9 cm³/mol. The molecule has 3 heteroatoms. The Bertz CT molecular complexity index is 846. The number of pyridine rings is 1. The van der Waals surface area contributed by atoms with Gasteiger partial charge < -0.3 is 0 Å². The summed E-state index contributed by atoms with van der Waals surface area (Å²) in [6, 6.07) is 12.6. The monoisotopic (exact) mass is 219 g/mol. The molecule has 0 saturated carbocycles. The van der Waals surface area contributed by atoms with Crippen LogP contribution in [0.5, 0.6) is 0 Å². The van der Waals surface area contributed by atoms with Crippen molar-refractivity contribution in [3.63, 3.8) is 0 Å². The van der Waals surface area contributed by atoms with Crippen molar-refractivity contribution in [3.8, 4) is 0 Å². The molecule has 0 aliphatic rings. The first-order valence-corrected chi connectivity index (χ1v) is 5.53. The maximum atomic E-state index is 4.33. The minimum absolute atomic E-state index is 0.772. The van der Waals surface area contributed by atoms with E-state index in [1.54, 1.807) is 0 Å². The van der Waals surface area contributed by atoms with Crippen LogP contribution in [-0.2, 0) is 0 Å². The summed E-state index contributed by atoms with van der Waals surface area (Å²) in [7, 11) is 0. The lowest BCUT2D eigenvalue weighted by Crippen LogP contribution is -1.81. The third-order valence-corrected chi connectivity index (χ3v) is 3.18. The van der Waals surface area contributed by atoms with Crippen LogP contribution in [0.25, 0.3) is 32.6 Å². The average Bonchev–Trinajstić information content (AvgIpc) is 2.86. The summed E-state index contributed by atoms with van der Waals surface area (Å²) in [5.41, 5.74) is 0.772. The summed E-state index contributed by atoms with van der Waals surface area (Å²) in [4.78, 5) is 4.33. The SMILES string of the molecule is c1ccc2c(c1)ccc1cnc3n[nH]cc3c12. The Labute approximate surface area is 97.1 Å². The summed E-state index contributed by atoms with van der Waals surface area (Å²) < 4.78 is 0. The van der Waals surface area contributed by atoms with E-state index in [4.69, 9.17) is 0 Å². The van der Waals surface area contributed by atoms with Crippen LogP contribution >= 0.6 is 0 Å². The van der Waals surface area contributed by atoms with Crippen molar-refractivity contribution in [1.29, 1.82) is 0 Å². The van der Waals surface area contributed by atoms with Gasteiger partial charge in [-0.05, 0) is 10.8 Å². The Morgan fingerprint density at radius 3 is 2.76 bits per heavy atom. The number of benzene rings is 2. The first-order valence-electron chi connectivity index (χ1n) is 5.53. The van der Waals surface area contributed by atoms with E-state index in [1.165, 1.54) is 16.2 Å². The van der Waals surface area contributed by atoms with E-state index in [0.717, 1.165) is 16.4 Å².